The van der Waals surface area contributed by atoms with Crippen molar-refractivity contribution >= 4 is 33.0 Å². The van der Waals surface area contributed by atoms with Crippen LogP contribution in [0.15, 0.2) is 18.2 Å². The molecule has 1 N–H and O–H groups in total. The molecule has 1 aromatic heterocycles. The molecule has 0 saturated carbocycles. The summed E-state index contributed by atoms with van der Waals surface area (Å²) >= 11 is 2.02. The second kappa shape index (κ2) is 2.12. The molecule has 0 saturated heterocycles. The van der Waals surface area contributed by atoms with Crippen molar-refractivity contribution in [2.24, 2.45) is 0 Å². The molecule has 4 heteroatoms. The average molecular weight is 125 g/mol. The Hall–Kier alpha value is -0.783. The third kappa shape index (κ3) is 0.755. The van der Waals surface area contributed by atoms with Gasteiger partial charge in [0.2, 0.25) is 0 Å². The summed E-state index contributed by atoms with van der Waals surface area (Å²) < 4.78 is 1.16. The average Bonchev–Trinajstić information content (AvgIpc) is 2.36. The summed E-state index contributed by atoms with van der Waals surface area (Å²) in [6.07, 6.45) is 0. The zero-order chi connectivity index (χ0) is 6.97. The number of H-pyrrole nitrogens is 1. The first-order chi connectivity index (χ1) is 4.88. The van der Waals surface area contributed by atoms with Crippen molar-refractivity contribution in [1.82, 2.24) is 15.4 Å². The van der Waals surface area contributed by atoms with E-state index >= 15 is 0 Å². The Labute approximate surface area is 67.0 Å². The fraction of sp³-hybridized carbons (Fsp3) is 0. The van der Waals surface area contributed by atoms with E-state index in [2.05, 4.69) is 15.4 Å². The number of rotatable bonds is 0. The van der Waals surface area contributed by atoms with Gasteiger partial charge in [-0.3, -0.25) is 0 Å². The monoisotopic (exact) mass is 125 g/mol. The second-order valence-corrected chi connectivity index (χ2v) is 2.28. The molecule has 0 radical (unpaired) electrons. The van der Waals surface area contributed by atoms with Crippen LogP contribution in [0.25, 0.3) is 11.0 Å². The van der Waals surface area contributed by atoms with E-state index in [0.717, 1.165) is 15.3 Å². The molecule has 10 heavy (non-hydrogen) atoms. The SMILES string of the molecule is [Li][c]1cccc2[nH]nnc12. The first-order valence-electron chi connectivity index (χ1n) is 3.14. The van der Waals surface area contributed by atoms with Crippen LogP contribution in [0.1, 0.15) is 0 Å². The van der Waals surface area contributed by atoms with Gasteiger partial charge in [-0.15, -0.1) is 0 Å². The summed E-state index contributed by atoms with van der Waals surface area (Å²) in [5, 5.41) is 10.4. The third-order valence-corrected chi connectivity index (χ3v) is 1.56. The molecule has 0 fully saturated rings. The van der Waals surface area contributed by atoms with Gasteiger partial charge in [-0.25, -0.2) is 0 Å². The molecule has 44 valence electrons. The van der Waals surface area contributed by atoms with Gasteiger partial charge >= 0.3 is 66.6 Å². The molecular weight excluding hydrogens is 121 g/mol. The van der Waals surface area contributed by atoms with Crippen LogP contribution in [0.3, 0.4) is 0 Å². The van der Waals surface area contributed by atoms with Crippen molar-refractivity contribution in [2.75, 3.05) is 0 Å². The molecular formula is C6H4LiN3. The molecule has 2 rings (SSSR count). The van der Waals surface area contributed by atoms with Gasteiger partial charge < -0.3 is 0 Å². The van der Waals surface area contributed by atoms with E-state index < -0.39 is 0 Å². The van der Waals surface area contributed by atoms with Crippen molar-refractivity contribution in [1.29, 1.82) is 0 Å². The van der Waals surface area contributed by atoms with E-state index in [-0.39, 0.29) is 0 Å². The molecule has 0 bridgehead atoms. The number of hydrogen-bond acceptors (Lipinski definition) is 2. The molecule has 0 amide bonds. The normalized spacial score (nSPS) is 10.6. The summed E-state index contributed by atoms with van der Waals surface area (Å²) in [6, 6.07) is 5.96. The van der Waals surface area contributed by atoms with Gasteiger partial charge in [-0.2, -0.15) is 0 Å². The predicted octanol–water partition coefficient (Wildman–Crippen LogP) is -0.248. The molecule has 1 aromatic carbocycles. The number of benzene rings is 1. The van der Waals surface area contributed by atoms with Gasteiger partial charge in [0.1, 0.15) is 0 Å². The van der Waals surface area contributed by atoms with E-state index in [1.165, 1.54) is 0 Å². The zero-order valence-corrected chi connectivity index (χ0v) is 5.63. The summed E-state index contributed by atoms with van der Waals surface area (Å²) in [7, 11) is 0. The quantitative estimate of drug-likeness (QED) is 0.493. The Morgan fingerprint density at radius 1 is 1.40 bits per heavy atom. The number of fused-ring (bicyclic) bond motifs is 1. The molecule has 0 aliphatic carbocycles. The second-order valence-electron chi connectivity index (χ2n) is 2.28. The molecule has 0 atom stereocenters. The van der Waals surface area contributed by atoms with Crippen LogP contribution < -0.4 is 4.24 Å². The predicted molar refractivity (Wildman–Crippen MR) is 39.3 cm³/mol. The molecule has 3 nitrogen and oxygen atoms in total. The van der Waals surface area contributed by atoms with Gasteiger partial charge in [0, 0.05) is 0 Å². The van der Waals surface area contributed by atoms with Crippen molar-refractivity contribution in [3.8, 4) is 0 Å². The Morgan fingerprint density at radius 3 is 3.10 bits per heavy atom. The van der Waals surface area contributed by atoms with Gasteiger partial charge in [-0.1, -0.05) is 0 Å². The Bertz CT molecular complexity index is 355. The zero-order valence-electron chi connectivity index (χ0n) is 5.63. The van der Waals surface area contributed by atoms with Crippen LogP contribution in [-0.2, 0) is 0 Å². The maximum absolute atomic E-state index is 3.91. The molecule has 0 unspecified atom stereocenters. The third-order valence-electron chi connectivity index (χ3n) is 1.56. The van der Waals surface area contributed by atoms with E-state index in [1.54, 1.807) is 0 Å². The van der Waals surface area contributed by atoms with Gasteiger partial charge in [0.25, 0.3) is 0 Å². The van der Waals surface area contributed by atoms with Gasteiger partial charge in [0.15, 0.2) is 0 Å². The number of nitrogens with zero attached hydrogens (tertiary/aromatic N) is 2. The number of aromatic amines is 1. The minimum atomic E-state index is 0.961. The van der Waals surface area contributed by atoms with Crippen LogP contribution in [-0.4, -0.2) is 33.1 Å². The van der Waals surface area contributed by atoms with Crippen molar-refractivity contribution in [3.63, 3.8) is 0 Å². The molecule has 0 aliphatic heterocycles. The maximum atomic E-state index is 3.91. The standard InChI is InChI=1S/C6H4N3.Li/c1-2-4-6-5(3-1)7-9-8-6;/h1-3H,(H,7,8,9);. The number of nitrogens with one attached hydrogen (secondary N) is 1. The van der Waals surface area contributed by atoms with Crippen LogP contribution in [0.2, 0.25) is 0 Å². The molecule has 0 spiro atoms. The van der Waals surface area contributed by atoms with Crippen LogP contribution >= 0.6 is 0 Å². The molecule has 2 aromatic rings. The Morgan fingerprint density at radius 2 is 2.30 bits per heavy atom. The molecule has 1 heterocycles. The van der Waals surface area contributed by atoms with E-state index in [0.29, 0.717) is 0 Å². The minimum absolute atomic E-state index is 0.961. The van der Waals surface area contributed by atoms with Crippen molar-refractivity contribution < 1.29 is 0 Å². The number of hydrogen-bond donors (Lipinski definition) is 1. The van der Waals surface area contributed by atoms with Gasteiger partial charge in [-0.05, 0) is 0 Å². The number of aromatic nitrogens is 3. The first kappa shape index (κ1) is 5.96. The fourth-order valence-corrected chi connectivity index (χ4v) is 1.01. The summed E-state index contributed by atoms with van der Waals surface area (Å²) in [5.41, 5.74) is 1.96. The Kier molecular flexibility index (Phi) is 1.26. The van der Waals surface area contributed by atoms with Gasteiger partial charge in [0.05, 0.1) is 0 Å². The summed E-state index contributed by atoms with van der Waals surface area (Å²) in [4.78, 5) is 0. The van der Waals surface area contributed by atoms with Crippen LogP contribution in [0.4, 0.5) is 0 Å². The topological polar surface area (TPSA) is 41.6 Å². The van der Waals surface area contributed by atoms with E-state index in [9.17, 15) is 0 Å². The van der Waals surface area contributed by atoms with Crippen molar-refractivity contribution in [2.45, 2.75) is 0 Å². The Balaban J connectivity index is 2.95. The first-order valence-corrected chi connectivity index (χ1v) is 3.14. The van der Waals surface area contributed by atoms with Crippen LogP contribution in [0.5, 0.6) is 0 Å². The van der Waals surface area contributed by atoms with E-state index in [4.69, 9.17) is 0 Å². The fourth-order valence-electron chi connectivity index (χ4n) is 1.01. The van der Waals surface area contributed by atoms with Crippen molar-refractivity contribution in [3.05, 3.63) is 18.2 Å². The van der Waals surface area contributed by atoms with E-state index in [1.807, 2.05) is 35.9 Å². The molecule has 0 aliphatic rings. The summed E-state index contributed by atoms with van der Waals surface area (Å²) in [5.74, 6) is 0. The van der Waals surface area contributed by atoms with Crippen LogP contribution in [0, 0.1) is 0 Å². The summed E-state index contributed by atoms with van der Waals surface area (Å²) in [6.45, 7) is 0.